The number of allylic oxidation sites excluding steroid dienone is 1. The Kier molecular flexibility index (Phi) is 5.89. The van der Waals surface area contributed by atoms with Gasteiger partial charge in [0, 0.05) is 5.56 Å². The minimum atomic E-state index is -2.94. The van der Waals surface area contributed by atoms with Gasteiger partial charge in [-0.05, 0) is 36.4 Å². The number of ether oxygens (including phenoxy) is 3. The minimum Gasteiger partial charge on any atom is -0.497 e. The van der Waals surface area contributed by atoms with E-state index in [1.165, 1.54) is 32.4 Å². The van der Waals surface area contributed by atoms with Crippen LogP contribution in [-0.2, 0) is 0 Å². The summed E-state index contributed by atoms with van der Waals surface area (Å²) in [6.45, 7) is -2.94. The predicted molar refractivity (Wildman–Crippen MR) is 86.0 cm³/mol. The van der Waals surface area contributed by atoms with Crippen molar-refractivity contribution >= 4 is 11.9 Å². The Balaban J connectivity index is 2.28. The van der Waals surface area contributed by atoms with Gasteiger partial charge in [-0.3, -0.25) is 4.79 Å². The number of para-hydroxylation sites is 1. The van der Waals surface area contributed by atoms with Crippen LogP contribution in [0.5, 0.6) is 17.2 Å². The third kappa shape index (κ3) is 4.32. The van der Waals surface area contributed by atoms with E-state index in [4.69, 9.17) is 9.47 Å². The molecule has 0 aliphatic carbocycles. The van der Waals surface area contributed by atoms with Crippen LogP contribution in [0, 0.1) is 0 Å². The minimum absolute atomic E-state index is 0.00541. The van der Waals surface area contributed by atoms with Crippen LogP contribution in [0.1, 0.15) is 15.9 Å². The van der Waals surface area contributed by atoms with Crippen LogP contribution >= 0.6 is 0 Å². The normalized spacial score (nSPS) is 10.9. The molecule has 126 valence electrons. The molecule has 0 heterocycles. The smallest absolute Gasteiger partial charge is 0.387 e. The van der Waals surface area contributed by atoms with Gasteiger partial charge in [0.25, 0.3) is 0 Å². The van der Waals surface area contributed by atoms with E-state index < -0.39 is 6.61 Å². The molecule has 4 nitrogen and oxygen atoms in total. The van der Waals surface area contributed by atoms with Crippen LogP contribution in [0.4, 0.5) is 8.78 Å². The maximum atomic E-state index is 12.4. The topological polar surface area (TPSA) is 44.8 Å². The molecule has 0 amide bonds. The number of hydrogen-bond donors (Lipinski definition) is 0. The van der Waals surface area contributed by atoms with Crippen molar-refractivity contribution in [2.45, 2.75) is 6.61 Å². The Hall–Kier alpha value is -2.89. The first kappa shape index (κ1) is 17.5. The van der Waals surface area contributed by atoms with E-state index in [-0.39, 0.29) is 11.5 Å². The van der Waals surface area contributed by atoms with Gasteiger partial charge < -0.3 is 14.2 Å². The lowest BCUT2D eigenvalue weighted by atomic mass is 10.1. The summed E-state index contributed by atoms with van der Waals surface area (Å²) in [4.78, 5) is 12.4. The molecule has 2 rings (SSSR count). The maximum Gasteiger partial charge on any atom is 0.387 e. The Morgan fingerprint density at radius 2 is 1.79 bits per heavy atom. The molecule has 0 spiro atoms. The molecule has 0 unspecified atom stereocenters. The zero-order chi connectivity index (χ0) is 17.5. The molecule has 0 aliphatic heterocycles. The van der Waals surface area contributed by atoms with Crippen LogP contribution in [0.25, 0.3) is 6.08 Å². The van der Waals surface area contributed by atoms with Gasteiger partial charge in [-0.15, -0.1) is 0 Å². The molecule has 2 aromatic carbocycles. The van der Waals surface area contributed by atoms with Gasteiger partial charge in [-0.1, -0.05) is 18.2 Å². The summed E-state index contributed by atoms with van der Waals surface area (Å²) in [6, 6.07) is 11.1. The SMILES string of the molecule is COc1ccc(OC)c(C(=O)C=Cc2ccccc2OC(F)F)c1. The number of carbonyl (C=O) groups excluding carboxylic acids is 1. The summed E-state index contributed by atoms with van der Waals surface area (Å²) >= 11 is 0. The molecular weight excluding hydrogens is 318 g/mol. The second kappa shape index (κ2) is 8.10. The van der Waals surface area contributed by atoms with E-state index in [1.807, 2.05) is 0 Å². The number of carbonyl (C=O) groups is 1. The molecule has 0 fully saturated rings. The van der Waals surface area contributed by atoms with Gasteiger partial charge in [-0.2, -0.15) is 8.78 Å². The van der Waals surface area contributed by atoms with Crippen molar-refractivity contribution in [3.8, 4) is 17.2 Å². The zero-order valence-electron chi connectivity index (χ0n) is 13.2. The Morgan fingerprint density at radius 3 is 2.46 bits per heavy atom. The van der Waals surface area contributed by atoms with Gasteiger partial charge in [0.1, 0.15) is 17.2 Å². The molecule has 6 heteroatoms. The van der Waals surface area contributed by atoms with Gasteiger partial charge >= 0.3 is 6.61 Å². The fourth-order valence-electron chi connectivity index (χ4n) is 2.08. The molecule has 0 bridgehead atoms. The van der Waals surface area contributed by atoms with E-state index in [0.29, 0.717) is 22.6 Å². The van der Waals surface area contributed by atoms with Crippen molar-refractivity contribution in [2.24, 2.45) is 0 Å². The van der Waals surface area contributed by atoms with Crippen molar-refractivity contribution < 1.29 is 27.8 Å². The Bertz CT molecular complexity index is 742. The second-order valence-electron chi connectivity index (χ2n) is 4.68. The fraction of sp³-hybridized carbons (Fsp3) is 0.167. The molecule has 2 aromatic rings. The lowest BCUT2D eigenvalue weighted by Crippen LogP contribution is -2.03. The standard InChI is InChI=1S/C18H16F2O4/c1-22-13-8-10-17(23-2)14(11-13)15(21)9-7-12-5-3-4-6-16(12)24-18(19)20/h3-11,18H,1-2H3. The van der Waals surface area contributed by atoms with E-state index in [2.05, 4.69) is 4.74 Å². The number of methoxy groups -OCH3 is 2. The highest BCUT2D eigenvalue weighted by atomic mass is 19.3. The summed E-state index contributed by atoms with van der Waals surface area (Å²) in [5, 5.41) is 0. The highest BCUT2D eigenvalue weighted by Crippen LogP contribution is 2.26. The Labute approximate surface area is 138 Å². The number of alkyl halides is 2. The molecule has 0 aliphatic rings. The average Bonchev–Trinajstić information content (AvgIpc) is 2.59. The zero-order valence-corrected chi connectivity index (χ0v) is 13.2. The number of halogens is 2. The van der Waals surface area contributed by atoms with E-state index in [0.717, 1.165) is 0 Å². The first-order valence-electron chi connectivity index (χ1n) is 7.03. The second-order valence-corrected chi connectivity index (χ2v) is 4.68. The van der Waals surface area contributed by atoms with Crippen LogP contribution in [-0.4, -0.2) is 26.6 Å². The molecule has 0 aromatic heterocycles. The highest BCUT2D eigenvalue weighted by molar-refractivity contribution is 6.09. The van der Waals surface area contributed by atoms with Crippen LogP contribution < -0.4 is 14.2 Å². The first-order valence-corrected chi connectivity index (χ1v) is 7.03. The first-order chi connectivity index (χ1) is 11.5. The molecule has 0 saturated carbocycles. The van der Waals surface area contributed by atoms with E-state index in [1.54, 1.807) is 36.4 Å². The lowest BCUT2D eigenvalue weighted by molar-refractivity contribution is -0.0499. The Morgan fingerprint density at radius 1 is 1.04 bits per heavy atom. The lowest BCUT2D eigenvalue weighted by Gasteiger charge is -2.09. The molecule has 0 saturated heterocycles. The molecular formula is C18H16F2O4. The predicted octanol–water partition coefficient (Wildman–Crippen LogP) is 4.20. The molecule has 0 N–H and O–H groups in total. The quantitative estimate of drug-likeness (QED) is 0.562. The fourth-order valence-corrected chi connectivity index (χ4v) is 2.08. The monoisotopic (exact) mass is 334 g/mol. The summed E-state index contributed by atoms with van der Waals surface area (Å²) in [7, 11) is 2.94. The van der Waals surface area contributed by atoms with Crippen molar-refractivity contribution in [1.82, 2.24) is 0 Å². The largest absolute Gasteiger partial charge is 0.497 e. The van der Waals surface area contributed by atoms with Crippen molar-refractivity contribution in [2.75, 3.05) is 14.2 Å². The molecule has 24 heavy (non-hydrogen) atoms. The average molecular weight is 334 g/mol. The molecule has 0 radical (unpaired) electrons. The summed E-state index contributed by atoms with van der Waals surface area (Å²) in [6.07, 6.45) is 2.68. The maximum absolute atomic E-state index is 12.4. The van der Waals surface area contributed by atoms with Crippen LogP contribution in [0.3, 0.4) is 0 Å². The van der Waals surface area contributed by atoms with Crippen molar-refractivity contribution in [3.05, 3.63) is 59.7 Å². The third-order valence-electron chi connectivity index (χ3n) is 3.22. The van der Waals surface area contributed by atoms with Crippen molar-refractivity contribution in [3.63, 3.8) is 0 Å². The third-order valence-corrected chi connectivity index (χ3v) is 3.22. The number of hydrogen-bond acceptors (Lipinski definition) is 4. The van der Waals surface area contributed by atoms with Gasteiger partial charge in [0.05, 0.1) is 19.8 Å². The summed E-state index contributed by atoms with van der Waals surface area (Å²) in [5.74, 6) is 0.545. The number of benzene rings is 2. The van der Waals surface area contributed by atoms with E-state index in [9.17, 15) is 13.6 Å². The van der Waals surface area contributed by atoms with Gasteiger partial charge in [0.15, 0.2) is 5.78 Å². The molecule has 0 atom stereocenters. The van der Waals surface area contributed by atoms with Gasteiger partial charge in [-0.25, -0.2) is 0 Å². The van der Waals surface area contributed by atoms with Crippen LogP contribution in [0.2, 0.25) is 0 Å². The van der Waals surface area contributed by atoms with Crippen LogP contribution in [0.15, 0.2) is 48.5 Å². The highest BCUT2D eigenvalue weighted by Gasteiger charge is 2.12. The van der Waals surface area contributed by atoms with E-state index >= 15 is 0 Å². The number of ketones is 1. The van der Waals surface area contributed by atoms with Crippen molar-refractivity contribution in [1.29, 1.82) is 0 Å². The summed E-state index contributed by atoms with van der Waals surface area (Å²) < 4.78 is 39.5. The summed E-state index contributed by atoms with van der Waals surface area (Å²) in [5.41, 5.74) is 0.674. The van der Waals surface area contributed by atoms with Gasteiger partial charge in [0.2, 0.25) is 0 Å². The number of rotatable bonds is 7.